The highest BCUT2D eigenvalue weighted by molar-refractivity contribution is 9.10. The predicted octanol–water partition coefficient (Wildman–Crippen LogP) is 3.55. The molecule has 0 spiro atoms. The zero-order valence-corrected chi connectivity index (χ0v) is 10.7. The number of aromatic nitrogens is 1. The van der Waals surface area contributed by atoms with Crippen LogP contribution in [-0.4, -0.2) is 10.8 Å². The highest BCUT2D eigenvalue weighted by Crippen LogP contribution is 2.14. The molecule has 0 aliphatic heterocycles. The third-order valence-corrected chi connectivity index (χ3v) is 2.83. The number of ketones is 1. The molecule has 0 aliphatic rings. The van der Waals surface area contributed by atoms with Gasteiger partial charge < -0.3 is 0 Å². The lowest BCUT2D eigenvalue weighted by Crippen LogP contribution is -2.07. The Labute approximate surface area is 111 Å². The van der Waals surface area contributed by atoms with Crippen molar-refractivity contribution >= 4 is 21.7 Å². The Balaban J connectivity index is 2.21. The minimum absolute atomic E-state index is 0.0619. The Kier molecular flexibility index (Phi) is 3.81. The number of Topliss-reactive ketones (excluding diaryl/α,β-unsaturated/α-hetero) is 1. The average molecular weight is 312 g/mol. The first kappa shape index (κ1) is 12.8. The normalized spacial score (nSPS) is 10.4. The monoisotopic (exact) mass is 311 g/mol. The van der Waals surface area contributed by atoms with Crippen LogP contribution in [0.25, 0.3) is 0 Å². The van der Waals surface area contributed by atoms with Crippen LogP contribution in [0.3, 0.4) is 0 Å². The molecule has 0 bridgehead atoms. The molecule has 0 amide bonds. The number of carbonyl (C=O) groups excluding carboxylic acids is 1. The standard InChI is InChI=1S/C13H8BrF2NO/c14-8-1-3-10(17-7-8)6-13(18)11-5-9(15)2-4-12(11)16/h1-5,7H,6H2. The molecule has 2 nitrogen and oxygen atoms in total. The fourth-order valence-electron chi connectivity index (χ4n) is 1.48. The SMILES string of the molecule is O=C(Cc1ccc(Br)cn1)c1cc(F)ccc1F. The maximum Gasteiger partial charge on any atom is 0.171 e. The summed E-state index contributed by atoms with van der Waals surface area (Å²) in [4.78, 5) is 15.8. The molecule has 0 saturated carbocycles. The van der Waals surface area contributed by atoms with Gasteiger partial charge in [0.25, 0.3) is 0 Å². The summed E-state index contributed by atoms with van der Waals surface area (Å²) in [7, 11) is 0. The molecule has 92 valence electrons. The van der Waals surface area contributed by atoms with Crippen LogP contribution in [0.1, 0.15) is 16.1 Å². The molecule has 5 heteroatoms. The number of hydrogen-bond acceptors (Lipinski definition) is 2. The second-order valence-electron chi connectivity index (χ2n) is 3.69. The van der Waals surface area contributed by atoms with E-state index in [2.05, 4.69) is 20.9 Å². The fourth-order valence-corrected chi connectivity index (χ4v) is 1.72. The van der Waals surface area contributed by atoms with E-state index in [1.807, 2.05) is 0 Å². The minimum Gasteiger partial charge on any atom is -0.294 e. The van der Waals surface area contributed by atoms with Crippen molar-refractivity contribution < 1.29 is 13.6 Å². The lowest BCUT2D eigenvalue weighted by atomic mass is 10.1. The van der Waals surface area contributed by atoms with Crippen LogP contribution in [0, 0.1) is 11.6 Å². The third kappa shape index (κ3) is 2.98. The summed E-state index contributed by atoms with van der Waals surface area (Å²) in [6.45, 7) is 0. The number of carbonyl (C=O) groups is 1. The molecule has 0 saturated heterocycles. The molecule has 0 radical (unpaired) electrons. The van der Waals surface area contributed by atoms with Crippen molar-refractivity contribution in [1.29, 1.82) is 0 Å². The van der Waals surface area contributed by atoms with Gasteiger partial charge in [0.2, 0.25) is 0 Å². The van der Waals surface area contributed by atoms with Crippen LogP contribution in [0.2, 0.25) is 0 Å². The summed E-state index contributed by atoms with van der Waals surface area (Å²) in [6.07, 6.45) is 1.48. The summed E-state index contributed by atoms with van der Waals surface area (Å²) in [5.74, 6) is -1.86. The predicted molar refractivity (Wildman–Crippen MR) is 66.3 cm³/mol. The van der Waals surface area contributed by atoms with Crippen molar-refractivity contribution in [1.82, 2.24) is 4.98 Å². The van der Waals surface area contributed by atoms with E-state index in [9.17, 15) is 13.6 Å². The molecule has 0 fully saturated rings. The minimum atomic E-state index is -0.724. The van der Waals surface area contributed by atoms with E-state index in [0.717, 1.165) is 22.7 Å². The Bertz CT molecular complexity index is 584. The van der Waals surface area contributed by atoms with Crippen LogP contribution in [0.5, 0.6) is 0 Å². The Morgan fingerprint density at radius 2 is 2.00 bits per heavy atom. The van der Waals surface area contributed by atoms with Gasteiger partial charge in [0.05, 0.1) is 12.0 Å². The van der Waals surface area contributed by atoms with Crippen molar-refractivity contribution in [2.45, 2.75) is 6.42 Å². The molecule has 2 aromatic rings. The molecular formula is C13H8BrF2NO. The Morgan fingerprint density at radius 1 is 1.22 bits per heavy atom. The van der Waals surface area contributed by atoms with E-state index in [-0.39, 0.29) is 12.0 Å². The van der Waals surface area contributed by atoms with E-state index in [4.69, 9.17) is 0 Å². The van der Waals surface area contributed by atoms with Crippen LogP contribution < -0.4 is 0 Å². The molecule has 1 aromatic carbocycles. The van der Waals surface area contributed by atoms with Gasteiger partial charge in [-0.05, 0) is 46.3 Å². The molecule has 0 atom stereocenters. The fraction of sp³-hybridized carbons (Fsp3) is 0.0769. The van der Waals surface area contributed by atoms with Crippen molar-refractivity contribution in [2.75, 3.05) is 0 Å². The van der Waals surface area contributed by atoms with Crippen molar-refractivity contribution in [3.63, 3.8) is 0 Å². The largest absolute Gasteiger partial charge is 0.294 e. The first-order valence-corrected chi connectivity index (χ1v) is 5.94. The van der Waals surface area contributed by atoms with Gasteiger partial charge in [-0.15, -0.1) is 0 Å². The molecule has 1 heterocycles. The Morgan fingerprint density at radius 3 is 2.67 bits per heavy atom. The number of pyridine rings is 1. The lowest BCUT2D eigenvalue weighted by molar-refractivity contribution is 0.0987. The smallest absolute Gasteiger partial charge is 0.171 e. The van der Waals surface area contributed by atoms with Crippen LogP contribution >= 0.6 is 15.9 Å². The van der Waals surface area contributed by atoms with Gasteiger partial charge in [0.15, 0.2) is 5.78 Å². The first-order chi connectivity index (χ1) is 8.56. The molecule has 0 N–H and O–H groups in total. The maximum absolute atomic E-state index is 13.4. The van der Waals surface area contributed by atoms with E-state index in [1.54, 1.807) is 18.3 Å². The van der Waals surface area contributed by atoms with Crippen LogP contribution in [-0.2, 0) is 6.42 Å². The van der Waals surface area contributed by atoms with Crippen molar-refractivity contribution in [2.24, 2.45) is 0 Å². The summed E-state index contributed by atoms with van der Waals surface area (Å²) in [5, 5.41) is 0. The summed E-state index contributed by atoms with van der Waals surface area (Å²) >= 11 is 3.22. The highest BCUT2D eigenvalue weighted by Gasteiger charge is 2.13. The number of benzene rings is 1. The van der Waals surface area contributed by atoms with Crippen molar-refractivity contribution in [3.8, 4) is 0 Å². The highest BCUT2D eigenvalue weighted by atomic mass is 79.9. The molecule has 0 unspecified atom stereocenters. The maximum atomic E-state index is 13.4. The third-order valence-electron chi connectivity index (χ3n) is 2.36. The summed E-state index contributed by atoms with van der Waals surface area (Å²) < 4.78 is 27.1. The summed E-state index contributed by atoms with van der Waals surface area (Å²) in [6, 6.07) is 6.20. The van der Waals surface area contributed by atoms with Gasteiger partial charge in [-0.3, -0.25) is 9.78 Å². The first-order valence-electron chi connectivity index (χ1n) is 5.15. The van der Waals surface area contributed by atoms with Gasteiger partial charge in [0.1, 0.15) is 11.6 Å². The van der Waals surface area contributed by atoms with Gasteiger partial charge in [-0.1, -0.05) is 0 Å². The Hall–Kier alpha value is -1.62. The van der Waals surface area contributed by atoms with Gasteiger partial charge in [-0.25, -0.2) is 8.78 Å². The number of rotatable bonds is 3. The molecule has 0 aliphatic carbocycles. The zero-order valence-electron chi connectivity index (χ0n) is 9.16. The number of nitrogens with zero attached hydrogens (tertiary/aromatic N) is 1. The van der Waals surface area contributed by atoms with E-state index >= 15 is 0 Å². The number of hydrogen-bond donors (Lipinski definition) is 0. The number of halogens is 3. The quantitative estimate of drug-likeness (QED) is 0.811. The molecule has 18 heavy (non-hydrogen) atoms. The van der Waals surface area contributed by atoms with Gasteiger partial charge >= 0.3 is 0 Å². The summed E-state index contributed by atoms with van der Waals surface area (Å²) in [5.41, 5.74) is 0.256. The van der Waals surface area contributed by atoms with Gasteiger partial charge in [0, 0.05) is 16.4 Å². The molecule has 2 rings (SSSR count). The average Bonchev–Trinajstić information content (AvgIpc) is 2.35. The molecule has 1 aromatic heterocycles. The lowest BCUT2D eigenvalue weighted by Gasteiger charge is -2.03. The van der Waals surface area contributed by atoms with E-state index in [1.165, 1.54) is 0 Å². The second kappa shape index (κ2) is 5.35. The van der Waals surface area contributed by atoms with Crippen LogP contribution in [0.4, 0.5) is 8.78 Å². The van der Waals surface area contributed by atoms with Gasteiger partial charge in [-0.2, -0.15) is 0 Å². The topological polar surface area (TPSA) is 30.0 Å². The second-order valence-corrected chi connectivity index (χ2v) is 4.61. The van der Waals surface area contributed by atoms with E-state index in [0.29, 0.717) is 5.69 Å². The van der Waals surface area contributed by atoms with Crippen LogP contribution in [0.15, 0.2) is 41.0 Å². The van der Waals surface area contributed by atoms with Crippen molar-refractivity contribution in [3.05, 3.63) is 63.9 Å². The molecular weight excluding hydrogens is 304 g/mol. The zero-order chi connectivity index (χ0) is 13.1. The van der Waals surface area contributed by atoms with E-state index < -0.39 is 17.4 Å².